The first-order valence-corrected chi connectivity index (χ1v) is 7.16. The van der Waals surface area contributed by atoms with Crippen LogP contribution in [0.5, 0.6) is 5.75 Å². The normalized spacial score (nSPS) is 11.8. The second-order valence-electron chi connectivity index (χ2n) is 4.84. The molecule has 1 amide bonds. The minimum Gasteiger partial charge on any atom is -0.508 e. The first-order chi connectivity index (χ1) is 9.47. The quantitative estimate of drug-likeness (QED) is 0.805. The van der Waals surface area contributed by atoms with Crippen molar-refractivity contribution in [1.82, 2.24) is 4.98 Å². The summed E-state index contributed by atoms with van der Waals surface area (Å²) in [6, 6.07) is 6.20. The number of hydrogen-bond acceptors (Lipinski definition) is 5. The zero-order valence-electron chi connectivity index (χ0n) is 11.7. The van der Waals surface area contributed by atoms with Gasteiger partial charge in [-0.25, -0.2) is 4.98 Å². The molecule has 1 aromatic heterocycles. The minimum absolute atomic E-state index is 0. The second kappa shape index (κ2) is 7.40. The zero-order chi connectivity index (χ0) is 14.7. The van der Waals surface area contributed by atoms with Crippen molar-refractivity contribution in [2.75, 3.05) is 5.32 Å². The number of halogens is 1. The average Bonchev–Trinajstić information content (AvgIpc) is 2.87. The summed E-state index contributed by atoms with van der Waals surface area (Å²) in [7, 11) is 0. The fourth-order valence-electron chi connectivity index (χ4n) is 1.59. The van der Waals surface area contributed by atoms with E-state index in [0.717, 1.165) is 11.3 Å². The van der Waals surface area contributed by atoms with E-state index < -0.39 is 6.04 Å². The summed E-state index contributed by atoms with van der Waals surface area (Å²) < 4.78 is 0. The Morgan fingerprint density at radius 3 is 2.52 bits per heavy atom. The van der Waals surface area contributed by atoms with E-state index in [1.165, 1.54) is 11.3 Å². The number of phenols is 1. The van der Waals surface area contributed by atoms with Gasteiger partial charge in [-0.05, 0) is 30.2 Å². The van der Waals surface area contributed by atoms with E-state index in [2.05, 4.69) is 10.3 Å². The molecule has 4 N–H and O–H groups in total. The molecule has 114 valence electrons. The maximum absolute atomic E-state index is 11.8. The number of aromatic hydroxyl groups is 1. The minimum atomic E-state index is -0.545. The third-order valence-electron chi connectivity index (χ3n) is 2.92. The van der Waals surface area contributed by atoms with E-state index in [1.54, 1.807) is 24.3 Å². The van der Waals surface area contributed by atoms with E-state index in [1.807, 2.05) is 19.2 Å². The smallest absolute Gasteiger partial charge is 0.243 e. The summed E-state index contributed by atoms with van der Waals surface area (Å²) in [6.07, 6.45) is 0. The van der Waals surface area contributed by atoms with Gasteiger partial charge in [-0.3, -0.25) is 4.79 Å². The fourth-order valence-corrected chi connectivity index (χ4v) is 2.31. The van der Waals surface area contributed by atoms with Crippen LogP contribution in [0.1, 0.15) is 13.8 Å². The van der Waals surface area contributed by atoms with Crippen molar-refractivity contribution < 1.29 is 9.90 Å². The van der Waals surface area contributed by atoms with Crippen LogP contribution in [0, 0.1) is 5.92 Å². The summed E-state index contributed by atoms with van der Waals surface area (Å²) in [5, 5.41) is 14.3. The SMILES string of the molecule is CC(C)[C@H](N)C(=O)Nc1nc(-c2ccc(O)cc2)cs1.Cl. The number of carbonyl (C=O) groups excluding carboxylic acids is 1. The van der Waals surface area contributed by atoms with Gasteiger partial charge in [0.25, 0.3) is 0 Å². The first-order valence-electron chi connectivity index (χ1n) is 6.28. The molecule has 1 aromatic carbocycles. The van der Waals surface area contributed by atoms with Crippen LogP contribution in [0.3, 0.4) is 0 Å². The molecular formula is C14H18ClN3O2S. The maximum Gasteiger partial charge on any atom is 0.243 e. The standard InChI is InChI=1S/C14H17N3O2S.ClH/c1-8(2)12(15)13(19)17-14-16-11(7-20-14)9-3-5-10(18)6-4-9;/h3-8,12,18H,15H2,1-2H3,(H,16,17,19);1H/t12-;/m0./s1. The zero-order valence-corrected chi connectivity index (χ0v) is 13.4. The van der Waals surface area contributed by atoms with Gasteiger partial charge in [-0.1, -0.05) is 13.8 Å². The second-order valence-corrected chi connectivity index (χ2v) is 5.70. The fraction of sp³-hybridized carbons (Fsp3) is 0.286. The molecule has 7 heteroatoms. The van der Waals surface area contributed by atoms with Gasteiger partial charge in [0, 0.05) is 10.9 Å². The van der Waals surface area contributed by atoms with Gasteiger partial charge >= 0.3 is 0 Å². The van der Waals surface area contributed by atoms with Gasteiger partial charge in [0.1, 0.15) is 5.75 Å². The lowest BCUT2D eigenvalue weighted by molar-refractivity contribution is -0.118. The molecule has 0 spiro atoms. The highest BCUT2D eigenvalue weighted by Crippen LogP contribution is 2.26. The number of aromatic nitrogens is 1. The number of thiazole rings is 1. The number of nitrogens with zero attached hydrogens (tertiary/aromatic N) is 1. The average molecular weight is 328 g/mol. The van der Waals surface area contributed by atoms with Gasteiger partial charge in [0.2, 0.25) is 5.91 Å². The van der Waals surface area contributed by atoms with Gasteiger partial charge in [0.05, 0.1) is 11.7 Å². The monoisotopic (exact) mass is 327 g/mol. The molecule has 2 aromatic rings. The van der Waals surface area contributed by atoms with E-state index in [-0.39, 0.29) is 30.0 Å². The number of anilines is 1. The van der Waals surface area contributed by atoms with E-state index >= 15 is 0 Å². The lowest BCUT2D eigenvalue weighted by atomic mass is 10.1. The Morgan fingerprint density at radius 1 is 1.33 bits per heavy atom. The van der Waals surface area contributed by atoms with Crippen LogP contribution in [0.2, 0.25) is 0 Å². The summed E-state index contributed by atoms with van der Waals surface area (Å²) >= 11 is 1.34. The van der Waals surface area contributed by atoms with Crippen LogP contribution in [-0.2, 0) is 4.79 Å². The van der Waals surface area contributed by atoms with E-state index in [9.17, 15) is 9.90 Å². The molecule has 21 heavy (non-hydrogen) atoms. The van der Waals surface area contributed by atoms with Crippen molar-refractivity contribution in [2.24, 2.45) is 11.7 Å². The molecule has 0 saturated carbocycles. The van der Waals surface area contributed by atoms with Crippen molar-refractivity contribution in [1.29, 1.82) is 0 Å². The Bertz CT molecular complexity index is 599. The van der Waals surface area contributed by atoms with Gasteiger partial charge in [0.15, 0.2) is 5.13 Å². The van der Waals surface area contributed by atoms with Crippen molar-refractivity contribution in [3.05, 3.63) is 29.6 Å². The third kappa shape index (κ3) is 4.42. The van der Waals surface area contributed by atoms with Gasteiger partial charge in [-0.2, -0.15) is 0 Å². The Labute approximate surface area is 133 Å². The van der Waals surface area contributed by atoms with Crippen molar-refractivity contribution in [3.63, 3.8) is 0 Å². The Hall–Kier alpha value is -1.63. The van der Waals surface area contributed by atoms with Crippen LogP contribution in [-0.4, -0.2) is 22.0 Å². The molecule has 0 aliphatic rings. The Morgan fingerprint density at radius 2 is 1.95 bits per heavy atom. The molecule has 0 unspecified atom stereocenters. The molecule has 2 rings (SSSR count). The van der Waals surface area contributed by atoms with Crippen molar-refractivity contribution in [2.45, 2.75) is 19.9 Å². The summed E-state index contributed by atoms with van der Waals surface area (Å²) in [5.74, 6) is 0.0542. The van der Waals surface area contributed by atoms with Crippen LogP contribution in [0.25, 0.3) is 11.3 Å². The molecule has 0 saturated heterocycles. The van der Waals surface area contributed by atoms with Crippen LogP contribution in [0.4, 0.5) is 5.13 Å². The molecule has 1 heterocycles. The van der Waals surface area contributed by atoms with Crippen LogP contribution >= 0.6 is 23.7 Å². The highest BCUT2D eigenvalue weighted by Gasteiger charge is 2.18. The third-order valence-corrected chi connectivity index (χ3v) is 3.68. The van der Waals surface area contributed by atoms with Crippen molar-refractivity contribution in [3.8, 4) is 17.0 Å². The number of amides is 1. The molecule has 0 radical (unpaired) electrons. The number of rotatable bonds is 4. The number of nitrogens with two attached hydrogens (primary N) is 1. The molecular weight excluding hydrogens is 310 g/mol. The van der Waals surface area contributed by atoms with Crippen LogP contribution in [0.15, 0.2) is 29.6 Å². The Kier molecular flexibility index (Phi) is 6.14. The van der Waals surface area contributed by atoms with Gasteiger partial charge in [-0.15, -0.1) is 23.7 Å². The van der Waals surface area contributed by atoms with E-state index in [0.29, 0.717) is 5.13 Å². The molecule has 0 aliphatic carbocycles. The lowest BCUT2D eigenvalue weighted by Crippen LogP contribution is -2.39. The molecule has 0 fully saturated rings. The number of nitrogens with one attached hydrogen (secondary N) is 1. The predicted molar refractivity (Wildman–Crippen MR) is 87.9 cm³/mol. The van der Waals surface area contributed by atoms with E-state index in [4.69, 9.17) is 5.73 Å². The molecule has 0 aliphatic heterocycles. The number of hydrogen-bond donors (Lipinski definition) is 3. The number of phenolic OH excluding ortho intramolecular Hbond substituents is 1. The highest BCUT2D eigenvalue weighted by molar-refractivity contribution is 7.14. The number of benzene rings is 1. The summed E-state index contributed by atoms with van der Waals surface area (Å²) in [5.41, 5.74) is 7.41. The maximum atomic E-state index is 11.8. The molecule has 0 bridgehead atoms. The topological polar surface area (TPSA) is 88.2 Å². The summed E-state index contributed by atoms with van der Waals surface area (Å²) in [4.78, 5) is 16.2. The lowest BCUT2D eigenvalue weighted by Gasteiger charge is -2.13. The van der Waals surface area contributed by atoms with Gasteiger partial charge < -0.3 is 16.2 Å². The Balaban J connectivity index is 0.00000220. The largest absolute Gasteiger partial charge is 0.508 e. The molecule has 5 nitrogen and oxygen atoms in total. The van der Waals surface area contributed by atoms with Crippen LogP contribution < -0.4 is 11.1 Å². The first kappa shape index (κ1) is 17.4. The predicted octanol–water partition coefficient (Wildman–Crippen LogP) is 2.86. The highest BCUT2D eigenvalue weighted by atomic mass is 35.5. The number of carbonyl (C=O) groups is 1. The van der Waals surface area contributed by atoms with Crippen molar-refractivity contribution >= 4 is 34.8 Å². The molecule has 1 atom stereocenters. The summed E-state index contributed by atoms with van der Waals surface area (Å²) in [6.45, 7) is 3.79.